The van der Waals surface area contributed by atoms with Gasteiger partial charge < -0.3 is 9.30 Å². The molecule has 0 bridgehead atoms. The highest BCUT2D eigenvalue weighted by molar-refractivity contribution is 5.99. The number of aryl methyl sites for hydroxylation is 1. The van der Waals surface area contributed by atoms with Crippen LogP contribution in [-0.4, -0.2) is 53.6 Å². The summed E-state index contributed by atoms with van der Waals surface area (Å²) in [6, 6.07) is 1.02. The zero-order valence-electron chi connectivity index (χ0n) is 13.9. The van der Waals surface area contributed by atoms with E-state index >= 15 is 0 Å². The molecule has 5 nitrogen and oxygen atoms in total. The van der Waals surface area contributed by atoms with Gasteiger partial charge in [0, 0.05) is 17.0 Å². The molecule has 1 aliphatic rings. The molecule has 24 heavy (non-hydrogen) atoms. The van der Waals surface area contributed by atoms with Crippen molar-refractivity contribution >= 4 is 11.8 Å². The third-order valence-electron chi connectivity index (χ3n) is 4.40. The lowest BCUT2D eigenvalue weighted by atomic mass is 10.1. The topological polar surface area (TPSA) is 51.5 Å². The number of esters is 1. The standard InChI is InChI=1S/C16H21F3N2O3/c1-10-7-12(11(2)21(10)9-16(17,18)19)14(22)8-20-6-4-5-13(20)15(23)24-3/h7,13H,4-6,8-9H2,1-3H3/t13-/m0/s1. The molecule has 1 fully saturated rings. The van der Waals surface area contributed by atoms with E-state index in [9.17, 15) is 22.8 Å². The van der Waals surface area contributed by atoms with Crippen LogP contribution in [0.25, 0.3) is 0 Å². The molecule has 0 aromatic carbocycles. The van der Waals surface area contributed by atoms with Gasteiger partial charge in [-0.3, -0.25) is 14.5 Å². The molecule has 0 spiro atoms. The molecule has 0 saturated carbocycles. The first-order chi connectivity index (χ1) is 11.1. The molecule has 2 heterocycles. The van der Waals surface area contributed by atoms with E-state index in [0.29, 0.717) is 24.4 Å². The van der Waals surface area contributed by atoms with E-state index in [1.54, 1.807) is 11.8 Å². The molecule has 0 unspecified atom stereocenters. The Hall–Kier alpha value is -1.83. The predicted octanol–water partition coefficient (Wildman–Crippen LogP) is 2.49. The molecule has 1 aromatic rings. The first-order valence-corrected chi connectivity index (χ1v) is 7.72. The Kier molecular flexibility index (Phi) is 5.37. The summed E-state index contributed by atoms with van der Waals surface area (Å²) in [5, 5.41) is 0. The normalized spacial score (nSPS) is 18.8. The van der Waals surface area contributed by atoms with Gasteiger partial charge in [-0.15, -0.1) is 0 Å². The van der Waals surface area contributed by atoms with Crippen LogP contribution in [0.4, 0.5) is 13.2 Å². The summed E-state index contributed by atoms with van der Waals surface area (Å²) in [5.74, 6) is -0.671. The van der Waals surface area contributed by atoms with Crippen molar-refractivity contribution in [1.29, 1.82) is 0 Å². The number of carbonyl (C=O) groups excluding carboxylic acids is 2. The number of hydrogen-bond donors (Lipinski definition) is 0. The van der Waals surface area contributed by atoms with Crippen molar-refractivity contribution in [2.75, 3.05) is 20.2 Å². The average Bonchev–Trinajstić information content (AvgIpc) is 3.05. The van der Waals surface area contributed by atoms with E-state index in [0.717, 1.165) is 11.0 Å². The number of likely N-dealkylation sites (tertiary alicyclic amines) is 1. The molecule has 1 saturated heterocycles. The molecule has 0 N–H and O–H groups in total. The number of ether oxygens (including phenoxy) is 1. The van der Waals surface area contributed by atoms with E-state index < -0.39 is 18.8 Å². The van der Waals surface area contributed by atoms with Gasteiger partial charge in [-0.05, 0) is 39.3 Å². The van der Waals surface area contributed by atoms with Crippen molar-refractivity contribution in [3.05, 3.63) is 23.0 Å². The van der Waals surface area contributed by atoms with Crippen LogP contribution in [0.2, 0.25) is 0 Å². The lowest BCUT2D eigenvalue weighted by molar-refractivity contribution is -0.145. The predicted molar refractivity (Wildman–Crippen MR) is 80.9 cm³/mol. The fraction of sp³-hybridized carbons (Fsp3) is 0.625. The van der Waals surface area contributed by atoms with Gasteiger partial charge in [0.15, 0.2) is 5.78 Å². The van der Waals surface area contributed by atoms with Crippen molar-refractivity contribution in [2.45, 2.75) is 45.5 Å². The number of rotatable bonds is 5. The van der Waals surface area contributed by atoms with Crippen LogP contribution < -0.4 is 0 Å². The molecule has 0 aliphatic carbocycles. The Bertz CT molecular complexity index is 637. The largest absolute Gasteiger partial charge is 0.468 e. The number of hydrogen-bond acceptors (Lipinski definition) is 4. The Labute approximate surface area is 138 Å². The van der Waals surface area contributed by atoms with Crippen molar-refractivity contribution in [3.63, 3.8) is 0 Å². The molecule has 8 heteroatoms. The smallest absolute Gasteiger partial charge is 0.406 e. The highest BCUT2D eigenvalue weighted by Gasteiger charge is 2.34. The zero-order valence-corrected chi connectivity index (χ0v) is 13.9. The maximum atomic E-state index is 12.7. The maximum Gasteiger partial charge on any atom is 0.406 e. The van der Waals surface area contributed by atoms with E-state index in [-0.39, 0.29) is 23.9 Å². The first kappa shape index (κ1) is 18.5. The van der Waals surface area contributed by atoms with Crippen molar-refractivity contribution in [2.24, 2.45) is 0 Å². The van der Waals surface area contributed by atoms with E-state index in [1.807, 2.05) is 0 Å². The molecular formula is C16H21F3N2O3. The zero-order chi connectivity index (χ0) is 18.1. The average molecular weight is 346 g/mol. The highest BCUT2D eigenvalue weighted by atomic mass is 19.4. The Morgan fingerprint density at radius 3 is 2.58 bits per heavy atom. The molecule has 1 atom stereocenters. The van der Waals surface area contributed by atoms with Gasteiger partial charge in [-0.2, -0.15) is 13.2 Å². The Morgan fingerprint density at radius 1 is 1.33 bits per heavy atom. The van der Waals surface area contributed by atoms with Crippen molar-refractivity contribution in [1.82, 2.24) is 9.47 Å². The number of Topliss-reactive ketones (excluding diaryl/α,β-unsaturated/α-hetero) is 1. The maximum absolute atomic E-state index is 12.7. The fourth-order valence-electron chi connectivity index (χ4n) is 3.19. The minimum atomic E-state index is -4.35. The number of nitrogens with zero attached hydrogens (tertiary/aromatic N) is 2. The summed E-state index contributed by atoms with van der Waals surface area (Å²) in [6.45, 7) is 2.52. The van der Waals surface area contributed by atoms with Gasteiger partial charge in [-0.1, -0.05) is 0 Å². The van der Waals surface area contributed by atoms with Crippen molar-refractivity contribution < 1.29 is 27.5 Å². The summed E-state index contributed by atoms with van der Waals surface area (Å²) in [7, 11) is 1.30. The molecular weight excluding hydrogens is 325 g/mol. The van der Waals surface area contributed by atoms with Gasteiger partial charge in [-0.25, -0.2) is 0 Å². The third-order valence-corrected chi connectivity index (χ3v) is 4.40. The summed E-state index contributed by atoms with van der Waals surface area (Å²) in [4.78, 5) is 26.0. The quantitative estimate of drug-likeness (QED) is 0.607. The lowest BCUT2D eigenvalue weighted by Gasteiger charge is -2.21. The Balaban J connectivity index is 2.16. The number of carbonyl (C=O) groups is 2. The number of halogens is 3. The summed E-state index contributed by atoms with van der Waals surface area (Å²) in [5.41, 5.74) is 0.954. The lowest BCUT2D eigenvalue weighted by Crippen LogP contribution is -2.40. The van der Waals surface area contributed by atoms with Crippen LogP contribution >= 0.6 is 0 Å². The summed E-state index contributed by atoms with van der Waals surface area (Å²) in [6.07, 6.45) is -2.95. The molecule has 0 radical (unpaired) electrons. The second-order valence-corrected chi connectivity index (χ2v) is 6.06. The van der Waals surface area contributed by atoms with Crippen molar-refractivity contribution in [3.8, 4) is 0 Å². The van der Waals surface area contributed by atoms with Gasteiger partial charge >= 0.3 is 12.1 Å². The first-order valence-electron chi connectivity index (χ1n) is 7.72. The van der Waals surface area contributed by atoms with Gasteiger partial charge in [0.1, 0.15) is 12.6 Å². The Morgan fingerprint density at radius 2 is 2.00 bits per heavy atom. The SMILES string of the molecule is COC(=O)[C@@H]1CCCN1CC(=O)c1cc(C)n(CC(F)(F)F)c1C. The second kappa shape index (κ2) is 6.96. The minimum Gasteiger partial charge on any atom is -0.468 e. The number of alkyl halides is 3. The van der Waals surface area contributed by atoms with E-state index in [4.69, 9.17) is 4.74 Å². The van der Waals surface area contributed by atoms with E-state index in [2.05, 4.69) is 0 Å². The van der Waals surface area contributed by atoms with Crippen LogP contribution in [0.15, 0.2) is 6.07 Å². The molecule has 1 aliphatic heterocycles. The van der Waals surface area contributed by atoms with Crippen LogP contribution in [0.5, 0.6) is 0 Å². The number of aromatic nitrogens is 1. The second-order valence-electron chi connectivity index (χ2n) is 6.06. The summed E-state index contributed by atoms with van der Waals surface area (Å²) < 4.78 is 43.8. The third kappa shape index (κ3) is 3.98. The van der Waals surface area contributed by atoms with Crippen LogP contribution in [-0.2, 0) is 16.1 Å². The number of methoxy groups -OCH3 is 1. The molecule has 2 rings (SSSR count). The molecule has 134 valence electrons. The number of ketones is 1. The van der Waals surface area contributed by atoms with Crippen LogP contribution in [0, 0.1) is 13.8 Å². The van der Waals surface area contributed by atoms with Gasteiger partial charge in [0.05, 0.1) is 13.7 Å². The highest BCUT2D eigenvalue weighted by Crippen LogP contribution is 2.24. The molecule has 1 aromatic heterocycles. The van der Waals surface area contributed by atoms with Gasteiger partial charge in [0.25, 0.3) is 0 Å². The van der Waals surface area contributed by atoms with Crippen LogP contribution in [0.1, 0.15) is 34.6 Å². The van der Waals surface area contributed by atoms with E-state index in [1.165, 1.54) is 20.1 Å². The van der Waals surface area contributed by atoms with Crippen LogP contribution in [0.3, 0.4) is 0 Å². The monoisotopic (exact) mass is 346 g/mol. The fourth-order valence-corrected chi connectivity index (χ4v) is 3.19. The summed E-state index contributed by atoms with van der Waals surface area (Å²) >= 11 is 0. The molecule has 0 amide bonds. The minimum absolute atomic E-state index is 0.00389. The van der Waals surface area contributed by atoms with Gasteiger partial charge in [0.2, 0.25) is 0 Å².